The fourth-order valence-corrected chi connectivity index (χ4v) is 0.630. The number of hydrogen-bond donors (Lipinski definition) is 0. The Morgan fingerprint density at radius 2 is 2.09 bits per heavy atom. The molecule has 0 aromatic carbocycles. The van der Waals surface area contributed by atoms with Crippen LogP contribution in [-0.4, -0.2) is 44.6 Å². The third-order valence-corrected chi connectivity index (χ3v) is 1.71. The van der Waals surface area contributed by atoms with Crippen LogP contribution >= 0.6 is 0 Å². The van der Waals surface area contributed by atoms with Crippen LogP contribution in [0.4, 0.5) is 0 Å². The van der Waals surface area contributed by atoms with E-state index in [-0.39, 0.29) is 0 Å². The molecule has 11 heavy (non-hydrogen) atoms. The van der Waals surface area contributed by atoms with Crippen molar-refractivity contribution in [2.24, 2.45) is 9.98 Å². The van der Waals surface area contributed by atoms with Crippen molar-refractivity contribution < 1.29 is 0 Å². The zero-order valence-corrected chi connectivity index (χ0v) is 7.83. The molecule has 0 radical (unpaired) electrons. The lowest BCUT2D eigenvalue weighted by Gasteiger charge is -2.17. The van der Waals surface area contributed by atoms with E-state index >= 15 is 0 Å². The SMILES string of the molecule is CN=C=NCCC(C)N(C)C. The van der Waals surface area contributed by atoms with Gasteiger partial charge in [0, 0.05) is 13.1 Å². The van der Waals surface area contributed by atoms with Crippen LogP contribution in [0.25, 0.3) is 0 Å². The third kappa shape index (κ3) is 5.77. The highest BCUT2D eigenvalue weighted by molar-refractivity contribution is 5.40. The molecule has 0 saturated heterocycles. The van der Waals surface area contributed by atoms with Gasteiger partial charge in [0.25, 0.3) is 0 Å². The maximum atomic E-state index is 3.97. The fourth-order valence-electron chi connectivity index (χ4n) is 0.630. The van der Waals surface area contributed by atoms with Crippen LogP contribution in [0.1, 0.15) is 13.3 Å². The molecule has 1 atom stereocenters. The summed E-state index contributed by atoms with van der Waals surface area (Å²) < 4.78 is 0. The Bertz CT molecular complexity index is 145. The number of nitrogens with zero attached hydrogens (tertiary/aromatic N) is 3. The van der Waals surface area contributed by atoms with E-state index in [1.54, 1.807) is 7.05 Å². The molecule has 0 aliphatic heterocycles. The van der Waals surface area contributed by atoms with E-state index in [0.29, 0.717) is 6.04 Å². The Morgan fingerprint density at radius 1 is 1.45 bits per heavy atom. The summed E-state index contributed by atoms with van der Waals surface area (Å²) in [6.45, 7) is 3.00. The van der Waals surface area contributed by atoms with Crippen molar-refractivity contribution in [2.45, 2.75) is 19.4 Å². The molecule has 0 heterocycles. The highest BCUT2D eigenvalue weighted by Gasteiger charge is 2.01. The van der Waals surface area contributed by atoms with Crippen LogP contribution in [0.3, 0.4) is 0 Å². The Morgan fingerprint density at radius 3 is 2.55 bits per heavy atom. The van der Waals surface area contributed by atoms with E-state index in [1.807, 2.05) is 0 Å². The average molecular weight is 155 g/mol. The highest BCUT2D eigenvalue weighted by atomic mass is 15.1. The van der Waals surface area contributed by atoms with Crippen LogP contribution in [0.15, 0.2) is 9.98 Å². The van der Waals surface area contributed by atoms with Crippen LogP contribution in [0.2, 0.25) is 0 Å². The topological polar surface area (TPSA) is 28.0 Å². The zero-order valence-electron chi connectivity index (χ0n) is 7.83. The first-order chi connectivity index (χ1) is 5.18. The zero-order chi connectivity index (χ0) is 8.69. The molecule has 0 amide bonds. The van der Waals surface area contributed by atoms with Gasteiger partial charge in [0.15, 0.2) is 0 Å². The van der Waals surface area contributed by atoms with Crippen LogP contribution in [0.5, 0.6) is 0 Å². The van der Waals surface area contributed by atoms with Gasteiger partial charge in [-0.1, -0.05) is 0 Å². The number of aliphatic imine (C=N–C) groups is 2. The van der Waals surface area contributed by atoms with Crippen molar-refractivity contribution in [1.29, 1.82) is 0 Å². The van der Waals surface area contributed by atoms with Crippen molar-refractivity contribution in [1.82, 2.24) is 4.90 Å². The first-order valence-corrected chi connectivity index (χ1v) is 3.85. The molecule has 0 N–H and O–H groups in total. The van der Waals surface area contributed by atoms with E-state index in [9.17, 15) is 0 Å². The molecule has 0 aliphatic carbocycles. The van der Waals surface area contributed by atoms with Crippen molar-refractivity contribution >= 4 is 6.01 Å². The van der Waals surface area contributed by atoms with Gasteiger partial charge in [0.1, 0.15) is 0 Å². The molecule has 0 saturated carbocycles. The van der Waals surface area contributed by atoms with E-state index in [1.165, 1.54) is 0 Å². The summed E-state index contributed by atoms with van der Waals surface area (Å²) in [5, 5.41) is 0. The molecule has 0 bridgehead atoms. The molecule has 1 unspecified atom stereocenters. The van der Waals surface area contributed by atoms with Gasteiger partial charge in [-0.25, -0.2) is 9.98 Å². The van der Waals surface area contributed by atoms with Gasteiger partial charge in [0.05, 0.1) is 12.6 Å². The van der Waals surface area contributed by atoms with Gasteiger partial charge in [-0.05, 0) is 27.4 Å². The van der Waals surface area contributed by atoms with Crippen LogP contribution in [0, 0.1) is 0 Å². The second-order valence-electron chi connectivity index (χ2n) is 2.81. The van der Waals surface area contributed by atoms with E-state index in [2.05, 4.69) is 41.9 Å². The minimum absolute atomic E-state index is 0.581. The minimum atomic E-state index is 0.581. The molecular formula is C8H17N3. The second-order valence-corrected chi connectivity index (χ2v) is 2.81. The molecule has 0 rings (SSSR count). The van der Waals surface area contributed by atoms with Gasteiger partial charge in [-0.3, -0.25) is 0 Å². The molecule has 0 spiro atoms. The maximum absolute atomic E-state index is 3.97. The molecule has 0 aromatic heterocycles. The van der Waals surface area contributed by atoms with Gasteiger partial charge in [-0.2, -0.15) is 0 Å². The third-order valence-electron chi connectivity index (χ3n) is 1.71. The van der Waals surface area contributed by atoms with E-state index < -0.39 is 0 Å². The highest BCUT2D eigenvalue weighted by Crippen LogP contribution is 1.96. The molecule has 3 heteroatoms. The summed E-state index contributed by atoms with van der Waals surface area (Å²) >= 11 is 0. The summed E-state index contributed by atoms with van der Waals surface area (Å²) in [5.41, 5.74) is 0. The maximum Gasteiger partial charge on any atom is 0.0889 e. The number of hydrogen-bond acceptors (Lipinski definition) is 3. The van der Waals surface area contributed by atoms with Crippen molar-refractivity contribution in [3.8, 4) is 0 Å². The summed E-state index contributed by atoms with van der Waals surface area (Å²) in [7, 11) is 5.82. The lowest BCUT2D eigenvalue weighted by molar-refractivity contribution is 0.302. The van der Waals surface area contributed by atoms with Gasteiger partial charge in [-0.15, -0.1) is 0 Å². The van der Waals surface area contributed by atoms with Gasteiger partial charge >= 0.3 is 0 Å². The number of rotatable bonds is 4. The van der Waals surface area contributed by atoms with Crippen molar-refractivity contribution in [2.75, 3.05) is 27.7 Å². The monoisotopic (exact) mass is 155 g/mol. The standard InChI is InChI=1S/C8H17N3/c1-8(11(3)4)5-6-10-7-9-2/h8H,5-6H2,1-4H3. The molecule has 3 nitrogen and oxygen atoms in total. The van der Waals surface area contributed by atoms with Crippen LogP contribution < -0.4 is 0 Å². The smallest absolute Gasteiger partial charge is 0.0889 e. The summed E-state index contributed by atoms with van der Waals surface area (Å²) in [6, 6.07) is 3.15. The van der Waals surface area contributed by atoms with Gasteiger partial charge < -0.3 is 4.90 Å². The van der Waals surface area contributed by atoms with E-state index in [4.69, 9.17) is 0 Å². The molecular weight excluding hydrogens is 138 g/mol. The van der Waals surface area contributed by atoms with Crippen molar-refractivity contribution in [3.05, 3.63) is 0 Å². The summed E-state index contributed by atoms with van der Waals surface area (Å²) in [6.07, 6.45) is 1.06. The van der Waals surface area contributed by atoms with Crippen LogP contribution in [-0.2, 0) is 0 Å². The first-order valence-electron chi connectivity index (χ1n) is 3.85. The Hall–Kier alpha value is -0.660. The average Bonchev–Trinajstić information content (AvgIpc) is 1.97. The predicted octanol–water partition coefficient (Wildman–Crippen LogP) is 1.13. The fraction of sp³-hybridized carbons (Fsp3) is 0.875. The second kappa shape index (κ2) is 6.08. The Kier molecular flexibility index (Phi) is 5.71. The molecule has 0 aliphatic rings. The summed E-state index contributed by atoms with van der Waals surface area (Å²) in [4.78, 5) is 9.80. The largest absolute Gasteiger partial charge is 0.307 e. The van der Waals surface area contributed by atoms with E-state index in [0.717, 1.165) is 13.0 Å². The first kappa shape index (κ1) is 10.3. The summed E-state index contributed by atoms with van der Waals surface area (Å²) in [5.74, 6) is 0. The Labute approximate surface area is 68.8 Å². The molecule has 0 aromatic rings. The molecule has 0 fully saturated rings. The van der Waals surface area contributed by atoms with Crippen molar-refractivity contribution in [3.63, 3.8) is 0 Å². The lowest BCUT2D eigenvalue weighted by Crippen LogP contribution is -2.25. The Balaban J connectivity index is 3.46. The normalized spacial score (nSPS) is 12.5. The predicted molar refractivity (Wildman–Crippen MR) is 48.4 cm³/mol. The lowest BCUT2D eigenvalue weighted by atomic mass is 10.2. The van der Waals surface area contributed by atoms with Gasteiger partial charge in [0.2, 0.25) is 0 Å². The molecule has 64 valence electrons. The minimum Gasteiger partial charge on any atom is -0.307 e. The quantitative estimate of drug-likeness (QED) is 0.559.